The number of methoxy groups -OCH3 is 1. The van der Waals surface area contributed by atoms with E-state index in [9.17, 15) is 18.0 Å². The molecule has 0 saturated carbocycles. The van der Waals surface area contributed by atoms with Crippen molar-refractivity contribution in [1.82, 2.24) is 20.1 Å². The molecule has 0 aliphatic rings. The number of aryl methyl sites for hydroxylation is 1. The van der Waals surface area contributed by atoms with Crippen LogP contribution in [0.15, 0.2) is 35.2 Å². The Balaban J connectivity index is 1.64. The summed E-state index contributed by atoms with van der Waals surface area (Å²) in [6.07, 6.45) is -1.26. The number of hydrogen-bond acceptors (Lipinski definition) is 8. The molecule has 3 aromatic rings. The quantitative estimate of drug-likeness (QED) is 0.680. The Morgan fingerprint density at radius 1 is 1.24 bits per heavy atom. The molecule has 0 bridgehead atoms. The zero-order valence-corrected chi connectivity index (χ0v) is 15.1. The molecule has 9 nitrogen and oxygen atoms in total. The number of nitrogens with one attached hydrogen (secondary N) is 1. The Morgan fingerprint density at radius 2 is 2.03 bits per heavy atom. The minimum atomic E-state index is -4.74. The maximum absolute atomic E-state index is 12.6. The van der Waals surface area contributed by atoms with E-state index in [2.05, 4.69) is 29.9 Å². The standard InChI is InChI=1S/C17H14F3N5O4/c1-9-3-11(14-23-15(29-25-14)17(18,19)20)6-22-13(9)24-16(26)28-8-10-4-12(27-2)7-21-5-10/h3-7H,8H2,1-2H3,(H,22,24,26). The van der Waals surface area contributed by atoms with Crippen molar-refractivity contribution in [2.24, 2.45) is 0 Å². The van der Waals surface area contributed by atoms with Crippen LogP contribution in [0.1, 0.15) is 17.0 Å². The van der Waals surface area contributed by atoms with E-state index < -0.39 is 18.2 Å². The molecule has 3 heterocycles. The molecular weight excluding hydrogens is 395 g/mol. The largest absolute Gasteiger partial charge is 0.495 e. The molecule has 0 radical (unpaired) electrons. The van der Waals surface area contributed by atoms with Crippen molar-refractivity contribution in [1.29, 1.82) is 0 Å². The number of amides is 1. The molecule has 29 heavy (non-hydrogen) atoms. The zero-order chi connectivity index (χ0) is 21.0. The SMILES string of the molecule is COc1cncc(COC(=O)Nc2ncc(-c3noc(C(F)(F)F)n3)cc2C)c1. The second kappa shape index (κ2) is 8.12. The third-order valence-corrected chi connectivity index (χ3v) is 3.60. The summed E-state index contributed by atoms with van der Waals surface area (Å²) in [6.45, 7) is 1.55. The maximum Gasteiger partial charge on any atom is 0.471 e. The average Bonchev–Trinajstić information content (AvgIpc) is 3.19. The molecule has 3 rings (SSSR count). The van der Waals surface area contributed by atoms with E-state index in [-0.39, 0.29) is 23.8 Å². The summed E-state index contributed by atoms with van der Waals surface area (Å²) >= 11 is 0. The molecule has 1 N–H and O–H groups in total. The smallest absolute Gasteiger partial charge is 0.471 e. The highest BCUT2D eigenvalue weighted by Gasteiger charge is 2.38. The predicted octanol–water partition coefficient (Wildman–Crippen LogP) is 3.61. The van der Waals surface area contributed by atoms with Gasteiger partial charge in [-0.1, -0.05) is 5.16 Å². The number of halogens is 3. The van der Waals surface area contributed by atoms with Crippen LogP contribution in [0, 0.1) is 6.92 Å². The van der Waals surface area contributed by atoms with E-state index in [1.807, 2.05) is 0 Å². The molecule has 0 aliphatic carbocycles. The number of carbonyl (C=O) groups is 1. The van der Waals surface area contributed by atoms with Crippen LogP contribution in [0.5, 0.6) is 5.75 Å². The second-order valence-electron chi connectivity index (χ2n) is 5.74. The molecule has 0 aromatic carbocycles. The van der Waals surface area contributed by atoms with Crippen LogP contribution in [0.25, 0.3) is 11.4 Å². The highest BCUT2D eigenvalue weighted by molar-refractivity contribution is 5.84. The van der Waals surface area contributed by atoms with Crippen LogP contribution < -0.4 is 10.1 Å². The van der Waals surface area contributed by atoms with Gasteiger partial charge in [0.05, 0.1) is 13.3 Å². The van der Waals surface area contributed by atoms with E-state index in [4.69, 9.17) is 9.47 Å². The number of hydrogen-bond donors (Lipinski definition) is 1. The molecule has 0 spiro atoms. The second-order valence-corrected chi connectivity index (χ2v) is 5.74. The number of nitrogens with zero attached hydrogens (tertiary/aromatic N) is 4. The third kappa shape index (κ3) is 4.97. The highest BCUT2D eigenvalue weighted by atomic mass is 19.4. The summed E-state index contributed by atoms with van der Waals surface area (Å²) in [4.78, 5) is 23.2. The van der Waals surface area contributed by atoms with Crippen LogP contribution in [-0.2, 0) is 17.5 Å². The number of carbonyl (C=O) groups excluding carboxylic acids is 1. The van der Waals surface area contributed by atoms with Crippen LogP contribution >= 0.6 is 0 Å². The molecule has 0 saturated heterocycles. The summed E-state index contributed by atoms with van der Waals surface area (Å²) in [5, 5.41) is 5.74. The minimum Gasteiger partial charge on any atom is -0.495 e. The Labute approximate surface area is 161 Å². The predicted molar refractivity (Wildman–Crippen MR) is 91.9 cm³/mol. The number of anilines is 1. The van der Waals surface area contributed by atoms with Gasteiger partial charge >= 0.3 is 18.2 Å². The first-order valence-electron chi connectivity index (χ1n) is 8.06. The van der Waals surface area contributed by atoms with Crippen LogP contribution in [0.3, 0.4) is 0 Å². The summed E-state index contributed by atoms with van der Waals surface area (Å²) in [5.41, 5.74) is 1.28. The highest BCUT2D eigenvalue weighted by Crippen LogP contribution is 2.29. The Kier molecular flexibility index (Phi) is 5.61. The topological polar surface area (TPSA) is 112 Å². The van der Waals surface area contributed by atoms with Gasteiger partial charge in [0.15, 0.2) is 0 Å². The number of aromatic nitrogens is 4. The van der Waals surface area contributed by atoms with Gasteiger partial charge in [0.2, 0.25) is 5.82 Å². The summed E-state index contributed by atoms with van der Waals surface area (Å²) < 4.78 is 52.0. The van der Waals surface area contributed by atoms with Gasteiger partial charge in [0.1, 0.15) is 18.2 Å². The van der Waals surface area contributed by atoms with E-state index >= 15 is 0 Å². The molecule has 0 atom stereocenters. The van der Waals surface area contributed by atoms with Gasteiger partial charge in [-0.05, 0) is 24.6 Å². The van der Waals surface area contributed by atoms with E-state index in [1.165, 1.54) is 31.8 Å². The molecule has 152 valence electrons. The van der Waals surface area contributed by atoms with Gasteiger partial charge in [-0.2, -0.15) is 18.2 Å². The van der Waals surface area contributed by atoms with Gasteiger partial charge < -0.3 is 14.0 Å². The van der Waals surface area contributed by atoms with E-state index in [0.717, 1.165) is 0 Å². The number of rotatable bonds is 5. The average molecular weight is 409 g/mol. The van der Waals surface area contributed by atoms with Crippen molar-refractivity contribution >= 4 is 11.9 Å². The fourth-order valence-corrected chi connectivity index (χ4v) is 2.22. The van der Waals surface area contributed by atoms with E-state index in [1.54, 1.807) is 13.0 Å². The Bertz CT molecular complexity index is 1020. The van der Waals surface area contributed by atoms with Crippen LogP contribution in [-0.4, -0.2) is 33.3 Å². The fraction of sp³-hybridized carbons (Fsp3) is 0.235. The Morgan fingerprint density at radius 3 is 2.69 bits per heavy atom. The van der Waals surface area contributed by atoms with Gasteiger partial charge in [0.25, 0.3) is 0 Å². The minimum absolute atomic E-state index is 0.0454. The fourth-order valence-electron chi connectivity index (χ4n) is 2.22. The van der Waals surface area contributed by atoms with Gasteiger partial charge in [0, 0.05) is 23.5 Å². The Hall–Kier alpha value is -3.70. The lowest BCUT2D eigenvalue weighted by Gasteiger charge is -2.09. The number of alkyl halides is 3. The molecule has 0 fully saturated rings. The first kappa shape index (κ1) is 20.0. The zero-order valence-electron chi connectivity index (χ0n) is 15.1. The van der Waals surface area contributed by atoms with Crippen LogP contribution in [0.2, 0.25) is 0 Å². The van der Waals surface area contributed by atoms with Crippen molar-refractivity contribution in [2.75, 3.05) is 12.4 Å². The van der Waals surface area contributed by atoms with E-state index in [0.29, 0.717) is 16.9 Å². The number of pyridine rings is 2. The number of ether oxygens (including phenoxy) is 2. The lowest BCUT2D eigenvalue weighted by Crippen LogP contribution is -2.15. The van der Waals surface area contributed by atoms with Gasteiger partial charge in [-0.15, -0.1) is 0 Å². The normalized spacial score (nSPS) is 11.2. The van der Waals surface area contributed by atoms with Gasteiger partial charge in [-0.3, -0.25) is 10.3 Å². The monoisotopic (exact) mass is 409 g/mol. The van der Waals surface area contributed by atoms with Crippen molar-refractivity contribution in [3.8, 4) is 17.1 Å². The van der Waals surface area contributed by atoms with Crippen molar-refractivity contribution in [3.05, 3.63) is 47.7 Å². The molecule has 0 aliphatic heterocycles. The molecular formula is C17H14F3N5O4. The first-order valence-corrected chi connectivity index (χ1v) is 8.06. The van der Waals surface area contributed by atoms with Crippen LogP contribution in [0.4, 0.5) is 23.8 Å². The van der Waals surface area contributed by atoms with Gasteiger partial charge in [-0.25, -0.2) is 9.78 Å². The molecule has 12 heteroatoms. The molecule has 0 unspecified atom stereocenters. The maximum atomic E-state index is 12.6. The third-order valence-electron chi connectivity index (χ3n) is 3.60. The summed E-state index contributed by atoms with van der Waals surface area (Å²) in [6, 6.07) is 3.12. The molecule has 3 aromatic heterocycles. The first-order chi connectivity index (χ1) is 13.8. The summed E-state index contributed by atoms with van der Waals surface area (Å²) in [7, 11) is 1.49. The molecule has 1 amide bonds. The van der Waals surface area contributed by atoms with Crippen molar-refractivity contribution < 1.29 is 32.0 Å². The van der Waals surface area contributed by atoms with Crippen molar-refractivity contribution in [3.63, 3.8) is 0 Å². The lowest BCUT2D eigenvalue weighted by atomic mass is 10.2. The lowest BCUT2D eigenvalue weighted by molar-refractivity contribution is -0.159. The summed E-state index contributed by atoms with van der Waals surface area (Å²) in [5.74, 6) is -1.03. The van der Waals surface area contributed by atoms with Crippen molar-refractivity contribution in [2.45, 2.75) is 19.7 Å².